The van der Waals surface area contributed by atoms with Gasteiger partial charge in [-0.2, -0.15) is 8.78 Å². The van der Waals surface area contributed by atoms with Crippen molar-refractivity contribution in [2.75, 3.05) is 6.61 Å². The van der Waals surface area contributed by atoms with Crippen molar-refractivity contribution in [3.63, 3.8) is 0 Å². The lowest BCUT2D eigenvalue weighted by Gasteiger charge is -2.18. The first kappa shape index (κ1) is 17.3. The number of alkyl halides is 3. The van der Waals surface area contributed by atoms with Gasteiger partial charge >= 0.3 is 17.3 Å². The fraction of sp³-hybridized carbons (Fsp3) is 0.385. The summed E-state index contributed by atoms with van der Waals surface area (Å²) in [6.45, 7) is 1.55. The first-order valence-electron chi connectivity index (χ1n) is 6.02. The topological polar surface area (TPSA) is 55.4 Å². The zero-order chi connectivity index (χ0) is 16.0. The Labute approximate surface area is 124 Å². The number of rotatable bonds is 6. The Morgan fingerprint density at radius 3 is 2.38 bits per heavy atom. The molecule has 1 amide bonds. The Balaban J connectivity index is 2.84. The number of benzene rings is 1. The van der Waals surface area contributed by atoms with Gasteiger partial charge in [0.2, 0.25) is 0 Å². The standard InChI is InChI=1S/C13H13ClF3NO3/c1-2-21-11(19)10(18-12(20)13(14,16)17)7-8-3-5-9(15)6-4-8/h3-6,10H,2,7H2,1H3,(H,18,20). The van der Waals surface area contributed by atoms with Crippen LogP contribution in [0.1, 0.15) is 12.5 Å². The maximum absolute atomic E-state index is 12.8. The minimum Gasteiger partial charge on any atom is -0.464 e. The number of halogens is 4. The van der Waals surface area contributed by atoms with E-state index in [1.807, 2.05) is 5.32 Å². The number of carbonyl (C=O) groups is 2. The van der Waals surface area contributed by atoms with E-state index < -0.39 is 29.1 Å². The van der Waals surface area contributed by atoms with E-state index in [1.54, 1.807) is 0 Å². The maximum Gasteiger partial charge on any atom is 0.399 e. The molecule has 0 bridgehead atoms. The van der Waals surface area contributed by atoms with Crippen molar-refractivity contribution in [2.45, 2.75) is 24.8 Å². The van der Waals surface area contributed by atoms with Crippen LogP contribution in [0.25, 0.3) is 0 Å². The highest BCUT2D eigenvalue weighted by molar-refractivity contribution is 6.32. The first-order valence-corrected chi connectivity index (χ1v) is 6.40. The predicted octanol–water partition coefficient (Wildman–Crippen LogP) is 2.25. The number of hydrogen-bond donors (Lipinski definition) is 1. The summed E-state index contributed by atoms with van der Waals surface area (Å²) in [6, 6.07) is 3.69. The molecule has 1 unspecified atom stereocenters. The minimum atomic E-state index is -4.13. The quantitative estimate of drug-likeness (QED) is 0.645. The van der Waals surface area contributed by atoms with Crippen LogP contribution >= 0.6 is 11.6 Å². The summed E-state index contributed by atoms with van der Waals surface area (Å²) in [7, 11) is 0. The molecular formula is C13H13ClF3NO3. The molecule has 1 aromatic carbocycles. The van der Waals surface area contributed by atoms with Crippen molar-refractivity contribution in [1.29, 1.82) is 0 Å². The van der Waals surface area contributed by atoms with Crippen molar-refractivity contribution in [3.8, 4) is 0 Å². The number of nitrogens with one attached hydrogen (secondary N) is 1. The second kappa shape index (κ2) is 7.31. The molecule has 0 radical (unpaired) electrons. The zero-order valence-corrected chi connectivity index (χ0v) is 11.8. The largest absolute Gasteiger partial charge is 0.464 e. The Bertz CT molecular complexity index is 502. The second-order valence-electron chi connectivity index (χ2n) is 4.11. The number of amides is 1. The van der Waals surface area contributed by atoms with Crippen LogP contribution in [0.2, 0.25) is 0 Å². The van der Waals surface area contributed by atoms with Crippen molar-refractivity contribution >= 4 is 23.5 Å². The van der Waals surface area contributed by atoms with Crippen LogP contribution in [-0.4, -0.2) is 29.9 Å². The molecule has 0 aliphatic carbocycles. The molecular weight excluding hydrogens is 311 g/mol. The summed E-state index contributed by atoms with van der Waals surface area (Å²) in [4.78, 5) is 22.8. The molecule has 1 rings (SSSR count). The first-order chi connectivity index (χ1) is 9.74. The molecule has 0 aliphatic rings. The molecule has 4 nitrogen and oxygen atoms in total. The van der Waals surface area contributed by atoms with Crippen LogP contribution in [0.15, 0.2) is 24.3 Å². The Morgan fingerprint density at radius 1 is 1.33 bits per heavy atom. The van der Waals surface area contributed by atoms with E-state index in [1.165, 1.54) is 19.1 Å². The Kier molecular flexibility index (Phi) is 6.02. The average molecular weight is 324 g/mol. The maximum atomic E-state index is 12.8. The molecule has 1 atom stereocenters. The van der Waals surface area contributed by atoms with Gasteiger partial charge in [-0.3, -0.25) is 4.79 Å². The molecule has 0 saturated carbocycles. The van der Waals surface area contributed by atoms with Crippen LogP contribution in [0, 0.1) is 5.82 Å². The van der Waals surface area contributed by atoms with Gasteiger partial charge in [-0.1, -0.05) is 12.1 Å². The van der Waals surface area contributed by atoms with Crippen molar-refractivity contribution < 1.29 is 27.5 Å². The van der Waals surface area contributed by atoms with Gasteiger partial charge in [0, 0.05) is 6.42 Å². The molecule has 0 fully saturated rings. The summed E-state index contributed by atoms with van der Waals surface area (Å²) >= 11 is 4.59. The highest BCUT2D eigenvalue weighted by Crippen LogP contribution is 2.19. The molecule has 1 N–H and O–H groups in total. The summed E-state index contributed by atoms with van der Waals surface area (Å²) in [5, 5.41) is -2.32. The third-order valence-corrected chi connectivity index (χ3v) is 2.66. The Morgan fingerprint density at radius 2 is 1.90 bits per heavy atom. The van der Waals surface area contributed by atoms with Crippen LogP contribution in [0.4, 0.5) is 13.2 Å². The number of carbonyl (C=O) groups excluding carboxylic acids is 2. The van der Waals surface area contributed by atoms with Gasteiger partial charge in [0.05, 0.1) is 6.61 Å². The van der Waals surface area contributed by atoms with Crippen LogP contribution in [-0.2, 0) is 20.7 Å². The lowest BCUT2D eigenvalue weighted by Crippen LogP contribution is -2.48. The molecule has 1 aromatic rings. The van der Waals surface area contributed by atoms with E-state index >= 15 is 0 Å². The molecule has 0 saturated heterocycles. The Hall–Kier alpha value is -1.76. The fourth-order valence-corrected chi connectivity index (χ4v) is 1.59. The highest BCUT2D eigenvalue weighted by atomic mass is 35.5. The second-order valence-corrected chi connectivity index (χ2v) is 4.58. The summed E-state index contributed by atoms with van der Waals surface area (Å²) in [5.41, 5.74) is 0.465. The van der Waals surface area contributed by atoms with E-state index in [0.717, 1.165) is 12.1 Å². The van der Waals surface area contributed by atoms with E-state index in [0.29, 0.717) is 5.56 Å². The van der Waals surface area contributed by atoms with Crippen LogP contribution in [0.3, 0.4) is 0 Å². The highest BCUT2D eigenvalue weighted by Gasteiger charge is 2.38. The minimum absolute atomic E-state index is 0.0197. The number of hydrogen-bond acceptors (Lipinski definition) is 3. The molecule has 116 valence electrons. The SMILES string of the molecule is CCOC(=O)C(Cc1ccc(F)cc1)NC(=O)C(F)(F)Cl. The lowest BCUT2D eigenvalue weighted by atomic mass is 10.1. The van der Waals surface area contributed by atoms with E-state index in [9.17, 15) is 22.8 Å². The van der Waals surface area contributed by atoms with Gasteiger partial charge in [-0.15, -0.1) is 0 Å². The van der Waals surface area contributed by atoms with Crippen LogP contribution < -0.4 is 5.32 Å². The van der Waals surface area contributed by atoms with Gasteiger partial charge in [-0.05, 0) is 36.2 Å². The zero-order valence-electron chi connectivity index (χ0n) is 11.0. The van der Waals surface area contributed by atoms with Gasteiger partial charge < -0.3 is 10.1 Å². The predicted molar refractivity (Wildman–Crippen MR) is 69.5 cm³/mol. The third kappa shape index (κ3) is 5.63. The molecule has 21 heavy (non-hydrogen) atoms. The molecule has 0 aliphatic heterocycles. The van der Waals surface area contributed by atoms with Crippen molar-refractivity contribution in [3.05, 3.63) is 35.6 Å². The average Bonchev–Trinajstić information content (AvgIpc) is 2.39. The lowest BCUT2D eigenvalue weighted by molar-refractivity contribution is -0.149. The molecule has 0 heterocycles. The van der Waals surface area contributed by atoms with Gasteiger partial charge in [0.15, 0.2) is 0 Å². The van der Waals surface area contributed by atoms with E-state index in [2.05, 4.69) is 11.6 Å². The molecule has 8 heteroatoms. The van der Waals surface area contributed by atoms with Gasteiger partial charge in [0.25, 0.3) is 0 Å². The fourth-order valence-electron chi connectivity index (χ4n) is 1.53. The van der Waals surface area contributed by atoms with Crippen LogP contribution in [0.5, 0.6) is 0 Å². The van der Waals surface area contributed by atoms with Gasteiger partial charge in [0.1, 0.15) is 11.9 Å². The molecule has 0 spiro atoms. The van der Waals surface area contributed by atoms with Gasteiger partial charge in [-0.25, -0.2) is 9.18 Å². The normalized spacial score (nSPS) is 12.6. The smallest absolute Gasteiger partial charge is 0.399 e. The summed E-state index contributed by atoms with van der Waals surface area (Å²) in [5.74, 6) is -3.16. The third-order valence-electron chi connectivity index (χ3n) is 2.49. The monoisotopic (exact) mass is 323 g/mol. The summed E-state index contributed by atoms with van der Waals surface area (Å²) < 4.78 is 42.8. The van der Waals surface area contributed by atoms with E-state index in [4.69, 9.17) is 4.74 Å². The van der Waals surface area contributed by atoms with Crippen molar-refractivity contribution in [1.82, 2.24) is 5.32 Å². The summed E-state index contributed by atoms with van der Waals surface area (Å²) in [6.07, 6.45) is -0.127. The van der Waals surface area contributed by atoms with E-state index in [-0.39, 0.29) is 13.0 Å². The molecule has 0 aromatic heterocycles. The number of ether oxygens (including phenoxy) is 1. The number of esters is 1. The van der Waals surface area contributed by atoms with Crippen molar-refractivity contribution in [2.24, 2.45) is 0 Å².